The van der Waals surface area contributed by atoms with Crippen LogP contribution in [0.4, 0.5) is 14.7 Å². The van der Waals surface area contributed by atoms with Gasteiger partial charge in [0.2, 0.25) is 11.4 Å². The lowest BCUT2D eigenvalue weighted by Gasteiger charge is -2.48. The summed E-state index contributed by atoms with van der Waals surface area (Å²) in [5.41, 5.74) is -2.21. The molecule has 0 saturated carbocycles. The van der Waals surface area contributed by atoms with E-state index in [0.717, 1.165) is 12.3 Å². The molecule has 14 heteroatoms. The molecule has 1 saturated heterocycles. The topological polar surface area (TPSA) is 162 Å². The van der Waals surface area contributed by atoms with E-state index < -0.39 is 34.4 Å². The molecule has 5 N–H and O–H groups in total. The summed E-state index contributed by atoms with van der Waals surface area (Å²) >= 11 is 0.587. The number of hydrogen-bond donors (Lipinski definition) is 5. The highest BCUT2D eigenvalue weighted by molar-refractivity contribution is 8.26. The molecule has 2 aromatic heterocycles. The highest BCUT2D eigenvalue weighted by Crippen LogP contribution is 2.30. The van der Waals surface area contributed by atoms with Gasteiger partial charge in [-0.05, 0) is 31.7 Å². The number of benzene rings is 1. The van der Waals surface area contributed by atoms with E-state index >= 15 is 0 Å². The Bertz CT molecular complexity index is 1510. The van der Waals surface area contributed by atoms with Crippen molar-refractivity contribution in [3.8, 4) is 5.75 Å². The predicted octanol–water partition coefficient (Wildman–Crippen LogP) is 3.11. The Hall–Kier alpha value is -4.17. The van der Waals surface area contributed by atoms with Crippen molar-refractivity contribution in [3.63, 3.8) is 0 Å². The fourth-order valence-corrected chi connectivity index (χ4v) is 5.60. The number of carbonyl (C=O) groups excluding carboxylic acids is 1. The highest BCUT2D eigenvalue weighted by atomic mass is 32.2. The number of hydrogen-bond acceptors (Lipinski definition) is 10. The number of nitrogens with one attached hydrogen (secondary N) is 4. The smallest absolute Gasteiger partial charge is 0.275 e. The second kappa shape index (κ2) is 12.6. The lowest BCUT2D eigenvalue weighted by atomic mass is 9.94. The van der Waals surface area contributed by atoms with Gasteiger partial charge < -0.3 is 19.9 Å². The van der Waals surface area contributed by atoms with Gasteiger partial charge in [-0.3, -0.25) is 25.7 Å². The molecule has 41 heavy (non-hydrogen) atoms. The molecule has 11 nitrogen and oxygen atoms in total. The van der Waals surface area contributed by atoms with Gasteiger partial charge >= 0.3 is 0 Å². The first kappa shape index (κ1) is 29.8. The van der Waals surface area contributed by atoms with Crippen LogP contribution in [-0.2, 0) is 6.42 Å². The molecule has 216 valence electrons. The van der Waals surface area contributed by atoms with Gasteiger partial charge in [-0.1, -0.05) is 17.8 Å². The van der Waals surface area contributed by atoms with E-state index in [9.17, 15) is 23.5 Å². The molecule has 1 aliphatic heterocycles. The molecule has 4 rings (SSSR count). The van der Waals surface area contributed by atoms with E-state index in [4.69, 9.17) is 10.8 Å². The van der Waals surface area contributed by atoms with Crippen molar-refractivity contribution in [1.82, 2.24) is 25.2 Å². The van der Waals surface area contributed by atoms with Crippen LogP contribution in [0.25, 0.3) is 0 Å². The van der Waals surface area contributed by atoms with Gasteiger partial charge in [-0.15, -0.1) is 0 Å². The fraction of sp³-hybridized carbons (Fsp3) is 0.333. The summed E-state index contributed by atoms with van der Waals surface area (Å²) in [4.78, 5) is 41.5. The van der Waals surface area contributed by atoms with Crippen molar-refractivity contribution in [2.45, 2.75) is 31.8 Å². The van der Waals surface area contributed by atoms with Gasteiger partial charge in [0.25, 0.3) is 5.91 Å². The molecular weight excluding hydrogens is 554 g/mol. The van der Waals surface area contributed by atoms with Crippen LogP contribution in [0.15, 0.2) is 47.7 Å². The number of amides is 1. The SMILES string of the molecule is CCN(C(=O)c1[nH]cc(C(=N)SC(=N)Cc2ccc(F)cc2F)c(=O)c1O)C1(NC)CCN(c2ncccn2)CC1. The van der Waals surface area contributed by atoms with Crippen molar-refractivity contribution in [2.24, 2.45) is 0 Å². The van der Waals surface area contributed by atoms with Crippen LogP contribution >= 0.6 is 11.8 Å². The number of pyridine rings is 1. The molecule has 0 radical (unpaired) electrons. The van der Waals surface area contributed by atoms with Crippen LogP contribution in [-0.4, -0.2) is 73.3 Å². The van der Waals surface area contributed by atoms with E-state index in [-0.39, 0.29) is 39.9 Å². The number of piperidine rings is 1. The quantitative estimate of drug-likeness (QED) is 0.153. The standard InChI is InChI=1S/C27H30F2N8O3S/c1-3-37(27(32-2)7-11-36(12-8-27)26-33-9-4-10-34-26)25(40)21-23(39)22(38)18(15-35-21)24(31)41-20(30)13-16-5-6-17(28)14-19(16)29/h4-6,9-10,14-15,30-32,39H,3,7-8,11-13H2,1-2H3,(H,35,38). The van der Waals surface area contributed by atoms with Crippen molar-refractivity contribution in [2.75, 3.05) is 31.6 Å². The molecule has 1 fully saturated rings. The minimum Gasteiger partial charge on any atom is -0.503 e. The zero-order valence-electron chi connectivity index (χ0n) is 22.5. The summed E-state index contributed by atoms with van der Waals surface area (Å²) in [6.07, 6.45) is 5.32. The lowest BCUT2D eigenvalue weighted by Crippen LogP contribution is -2.64. The fourth-order valence-electron chi connectivity index (χ4n) is 4.86. The molecule has 0 spiro atoms. The Morgan fingerprint density at radius 3 is 2.54 bits per heavy atom. The van der Waals surface area contributed by atoms with Crippen LogP contribution in [0, 0.1) is 22.5 Å². The van der Waals surface area contributed by atoms with Crippen molar-refractivity contribution in [1.29, 1.82) is 10.8 Å². The summed E-state index contributed by atoms with van der Waals surface area (Å²) < 4.78 is 27.1. The first-order valence-corrected chi connectivity index (χ1v) is 13.7. The number of rotatable bonds is 8. The molecule has 0 unspecified atom stereocenters. The number of aromatic hydroxyl groups is 1. The zero-order chi connectivity index (χ0) is 29.7. The lowest BCUT2D eigenvalue weighted by molar-refractivity contribution is 0.0286. The molecule has 0 bridgehead atoms. The maximum Gasteiger partial charge on any atom is 0.275 e. The van der Waals surface area contributed by atoms with Gasteiger partial charge in [-0.2, -0.15) is 0 Å². The normalized spacial score (nSPS) is 14.5. The van der Waals surface area contributed by atoms with Crippen molar-refractivity contribution >= 4 is 33.7 Å². The van der Waals surface area contributed by atoms with E-state index in [1.165, 1.54) is 6.07 Å². The van der Waals surface area contributed by atoms with Gasteiger partial charge in [0.05, 0.1) is 16.3 Å². The summed E-state index contributed by atoms with van der Waals surface area (Å²) in [5.74, 6) is -2.40. The number of anilines is 1. The molecule has 1 aliphatic rings. The number of thioether (sulfide) groups is 1. The average molecular weight is 585 g/mol. The van der Waals surface area contributed by atoms with Crippen molar-refractivity contribution in [3.05, 3.63) is 81.5 Å². The number of nitrogens with zero attached hydrogens (tertiary/aromatic N) is 4. The Kier molecular flexibility index (Phi) is 9.13. The zero-order valence-corrected chi connectivity index (χ0v) is 23.3. The Morgan fingerprint density at radius 2 is 1.93 bits per heavy atom. The Labute approximate surface area is 239 Å². The van der Waals surface area contributed by atoms with Gasteiger partial charge in [0.15, 0.2) is 11.4 Å². The predicted molar refractivity (Wildman–Crippen MR) is 153 cm³/mol. The molecule has 1 amide bonds. The Morgan fingerprint density at radius 1 is 1.24 bits per heavy atom. The third kappa shape index (κ3) is 6.28. The number of aromatic amines is 1. The maximum absolute atomic E-state index is 14.0. The second-order valence-corrected chi connectivity index (χ2v) is 10.5. The van der Waals surface area contributed by atoms with Crippen LogP contribution in [0.1, 0.15) is 41.4 Å². The molecule has 1 aromatic carbocycles. The summed E-state index contributed by atoms with van der Waals surface area (Å²) in [6, 6.07) is 4.72. The van der Waals surface area contributed by atoms with E-state index in [0.29, 0.717) is 49.7 Å². The van der Waals surface area contributed by atoms with Crippen LogP contribution < -0.4 is 15.6 Å². The van der Waals surface area contributed by atoms with Crippen LogP contribution in [0.3, 0.4) is 0 Å². The third-order valence-electron chi connectivity index (χ3n) is 7.08. The first-order chi connectivity index (χ1) is 19.6. The van der Waals surface area contributed by atoms with E-state index in [2.05, 4.69) is 20.3 Å². The highest BCUT2D eigenvalue weighted by Gasteiger charge is 2.42. The molecular formula is C27H30F2N8O3S. The van der Waals surface area contributed by atoms with Gasteiger partial charge in [-0.25, -0.2) is 18.7 Å². The third-order valence-corrected chi connectivity index (χ3v) is 7.89. The van der Waals surface area contributed by atoms with Gasteiger partial charge in [0.1, 0.15) is 16.7 Å². The minimum absolute atomic E-state index is 0.0645. The molecule has 3 heterocycles. The van der Waals surface area contributed by atoms with Crippen LogP contribution in [0.2, 0.25) is 0 Å². The number of halogens is 2. The van der Waals surface area contributed by atoms with E-state index in [1.54, 1.807) is 37.3 Å². The van der Waals surface area contributed by atoms with Gasteiger partial charge in [0, 0.05) is 63.6 Å². The summed E-state index contributed by atoms with van der Waals surface area (Å²) in [7, 11) is 1.75. The van der Waals surface area contributed by atoms with Crippen LogP contribution in [0.5, 0.6) is 5.75 Å². The number of H-pyrrole nitrogens is 1. The first-order valence-electron chi connectivity index (χ1n) is 12.9. The molecule has 0 atom stereocenters. The average Bonchev–Trinajstić information content (AvgIpc) is 2.97. The maximum atomic E-state index is 14.0. The largest absolute Gasteiger partial charge is 0.503 e. The minimum atomic E-state index is -0.948. The summed E-state index contributed by atoms with van der Waals surface area (Å²) in [6.45, 7) is 3.22. The molecule has 0 aliphatic carbocycles. The Balaban J connectivity index is 1.49. The molecule has 3 aromatic rings. The van der Waals surface area contributed by atoms with E-state index in [1.807, 2.05) is 4.90 Å². The summed E-state index contributed by atoms with van der Waals surface area (Å²) in [5, 5.41) is 29.8. The number of aromatic nitrogens is 3. The monoisotopic (exact) mass is 584 g/mol. The number of carbonyl (C=O) groups is 1. The van der Waals surface area contributed by atoms with Crippen molar-refractivity contribution < 1.29 is 18.7 Å². The second-order valence-electron chi connectivity index (χ2n) is 9.39.